The third kappa shape index (κ3) is 2.38. The van der Waals surface area contributed by atoms with Gasteiger partial charge in [0.1, 0.15) is 5.39 Å². The van der Waals surface area contributed by atoms with Crippen molar-refractivity contribution in [3.05, 3.63) is 46.1 Å². The molecule has 3 aromatic heterocycles. The van der Waals surface area contributed by atoms with Crippen molar-refractivity contribution in [3.63, 3.8) is 0 Å². The molecule has 0 aliphatic carbocycles. The van der Waals surface area contributed by atoms with Crippen molar-refractivity contribution < 1.29 is 0 Å². The van der Waals surface area contributed by atoms with Crippen LogP contribution in [-0.4, -0.2) is 37.8 Å². The SMILES string of the molecule is Cc1ccnc(C2CCN(c3nc4c(cnn4C)c(=O)[nH]3)C2)c1. The molecule has 4 heterocycles. The summed E-state index contributed by atoms with van der Waals surface area (Å²) in [5.41, 5.74) is 2.80. The van der Waals surface area contributed by atoms with Gasteiger partial charge in [0.25, 0.3) is 5.56 Å². The lowest BCUT2D eigenvalue weighted by atomic mass is 10.0. The highest BCUT2D eigenvalue weighted by molar-refractivity contribution is 5.74. The molecule has 0 amide bonds. The van der Waals surface area contributed by atoms with E-state index in [0.29, 0.717) is 22.9 Å². The van der Waals surface area contributed by atoms with Gasteiger partial charge in [-0.2, -0.15) is 10.1 Å². The van der Waals surface area contributed by atoms with Crippen molar-refractivity contribution in [2.75, 3.05) is 18.0 Å². The van der Waals surface area contributed by atoms with Gasteiger partial charge in [0.15, 0.2) is 5.65 Å². The molecule has 1 N–H and O–H groups in total. The Morgan fingerprint density at radius 3 is 3.09 bits per heavy atom. The Labute approximate surface area is 133 Å². The standard InChI is InChI=1S/C16H18N6O/c1-10-3-5-17-13(7-10)11-4-6-22(9-11)16-19-14-12(15(23)20-16)8-18-21(14)2/h3,5,7-8,11H,4,6,9H2,1-2H3,(H,19,20,23). The van der Waals surface area contributed by atoms with Crippen LogP contribution in [0.4, 0.5) is 5.95 Å². The lowest BCUT2D eigenvalue weighted by Gasteiger charge is -2.17. The third-order valence-electron chi connectivity index (χ3n) is 4.43. The number of aromatic amines is 1. The van der Waals surface area contributed by atoms with E-state index >= 15 is 0 Å². The van der Waals surface area contributed by atoms with Gasteiger partial charge in [0.2, 0.25) is 5.95 Å². The van der Waals surface area contributed by atoms with Crippen molar-refractivity contribution in [1.82, 2.24) is 24.7 Å². The van der Waals surface area contributed by atoms with Crippen LogP contribution in [0, 0.1) is 6.92 Å². The fraction of sp³-hybridized carbons (Fsp3) is 0.375. The molecule has 0 bridgehead atoms. The molecule has 3 aromatic rings. The maximum absolute atomic E-state index is 12.2. The van der Waals surface area contributed by atoms with E-state index < -0.39 is 0 Å². The number of fused-ring (bicyclic) bond motifs is 1. The number of rotatable bonds is 2. The summed E-state index contributed by atoms with van der Waals surface area (Å²) in [5.74, 6) is 0.976. The van der Waals surface area contributed by atoms with Gasteiger partial charge in [-0.25, -0.2) is 0 Å². The Morgan fingerprint density at radius 1 is 1.39 bits per heavy atom. The summed E-state index contributed by atoms with van der Waals surface area (Å²) in [5, 5.41) is 4.62. The van der Waals surface area contributed by atoms with E-state index in [1.54, 1.807) is 17.9 Å². The number of anilines is 1. The van der Waals surface area contributed by atoms with E-state index in [9.17, 15) is 4.79 Å². The third-order valence-corrected chi connectivity index (χ3v) is 4.43. The number of aryl methyl sites for hydroxylation is 2. The van der Waals surface area contributed by atoms with Crippen LogP contribution in [0.3, 0.4) is 0 Å². The van der Waals surface area contributed by atoms with E-state index in [-0.39, 0.29) is 5.56 Å². The first-order valence-corrected chi connectivity index (χ1v) is 7.71. The molecule has 1 atom stereocenters. The predicted molar refractivity (Wildman–Crippen MR) is 87.7 cm³/mol. The minimum atomic E-state index is -0.143. The normalized spacial score (nSPS) is 18.0. The molecule has 1 aliphatic heterocycles. The smallest absolute Gasteiger partial charge is 0.263 e. The lowest BCUT2D eigenvalue weighted by molar-refractivity contribution is 0.740. The summed E-state index contributed by atoms with van der Waals surface area (Å²) >= 11 is 0. The molecule has 0 spiro atoms. The van der Waals surface area contributed by atoms with Crippen molar-refractivity contribution in [2.24, 2.45) is 7.05 Å². The number of hydrogen-bond donors (Lipinski definition) is 1. The molecule has 0 aromatic carbocycles. The highest BCUT2D eigenvalue weighted by Crippen LogP contribution is 2.28. The second-order valence-corrected chi connectivity index (χ2v) is 6.08. The minimum absolute atomic E-state index is 0.143. The highest BCUT2D eigenvalue weighted by atomic mass is 16.1. The molecule has 1 aliphatic rings. The molecule has 118 valence electrons. The molecule has 7 heteroatoms. The van der Waals surface area contributed by atoms with Crippen LogP contribution in [0.25, 0.3) is 11.0 Å². The first-order valence-electron chi connectivity index (χ1n) is 7.71. The van der Waals surface area contributed by atoms with Gasteiger partial charge in [-0.15, -0.1) is 0 Å². The summed E-state index contributed by atoms with van der Waals surface area (Å²) in [7, 11) is 1.79. The Hall–Kier alpha value is -2.70. The zero-order valence-electron chi connectivity index (χ0n) is 13.2. The highest BCUT2D eigenvalue weighted by Gasteiger charge is 2.27. The number of aromatic nitrogens is 5. The van der Waals surface area contributed by atoms with Crippen LogP contribution < -0.4 is 10.5 Å². The zero-order chi connectivity index (χ0) is 16.0. The first kappa shape index (κ1) is 13.9. The molecule has 4 rings (SSSR count). The van der Waals surface area contributed by atoms with Crippen molar-refractivity contribution >= 4 is 17.0 Å². The summed E-state index contributed by atoms with van der Waals surface area (Å²) in [6, 6.07) is 4.14. The van der Waals surface area contributed by atoms with Crippen molar-refractivity contribution in [3.8, 4) is 0 Å². The minimum Gasteiger partial charge on any atom is -0.342 e. The summed E-state index contributed by atoms with van der Waals surface area (Å²) in [6.07, 6.45) is 4.41. The van der Waals surface area contributed by atoms with E-state index in [1.807, 2.05) is 12.3 Å². The van der Waals surface area contributed by atoms with E-state index in [4.69, 9.17) is 0 Å². The summed E-state index contributed by atoms with van der Waals surface area (Å²) in [6.45, 7) is 3.74. The number of hydrogen-bond acceptors (Lipinski definition) is 5. The van der Waals surface area contributed by atoms with Gasteiger partial charge in [0, 0.05) is 37.9 Å². The summed E-state index contributed by atoms with van der Waals surface area (Å²) < 4.78 is 1.63. The lowest BCUT2D eigenvalue weighted by Crippen LogP contribution is -2.25. The number of H-pyrrole nitrogens is 1. The van der Waals surface area contributed by atoms with Crippen LogP contribution in [0.1, 0.15) is 23.6 Å². The largest absolute Gasteiger partial charge is 0.342 e. The molecule has 1 saturated heterocycles. The average Bonchev–Trinajstić information content (AvgIpc) is 3.15. The van der Waals surface area contributed by atoms with Crippen molar-refractivity contribution in [1.29, 1.82) is 0 Å². The van der Waals surface area contributed by atoms with E-state index in [0.717, 1.165) is 25.2 Å². The maximum atomic E-state index is 12.2. The van der Waals surface area contributed by atoms with Gasteiger partial charge in [-0.3, -0.25) is 19.4 Å². The van der Waals surface area contributed by atoms with Gasteiger partial charge < -0.3 is 4.90 Å². The molecule has 7 nitrogen and oxygen atoms in total. The monoisotopic (exact) mass is 310 g/mol. The van der Waals surface area contributed by atoms with Crippen LogP contribution in [0.2, 0.25) is 0 Å². The van der Waals surface area contributed by atoms with Gasteiger partial charge in [-0.1, -0.05) is 0 Å². The van der Waals surface area contributed by atoms with Crippen LogP contribution in [-0.2, 0) is 7.05 Å². The van der Waals surface area contributed by atoms with E-state index in [2.05, 4.69) is 37.9 Å². The Bertz CT molecular complexity index is 928. The second kappa shape index (κ2) is 5.19. The molecule has 0 radical (unpaired) electrons. The molecule has 1 fully saturated rings. The van der Waals surface area contributed by atoms with Crippen molar-refractivity contribution in [2.45, 2.75) is 19.3 Å². The van der Waals surface area contributed by atoms with Crippen LogP contribution in [0.15, 0.2) is 29.3 Å². The zero-order valence-corrected chi connectivity index (χ0v) is 13.2. The van der Waals surface area contributed by atoms with Gasteiger partial charge in [0.05, 0.1) is 6.20 Å². The fourth-order valence-corrected chi connectivity index (χ4v) is 3.15. The maximum Gasteiger partial charge on any atom is 0.263 e. The Morgan fingerprint density at radius 2 is 2.26 bits per heavy atom. The topological polar surface area (TPSA) is 79.7 Å². The second-order valence-electron chi connectivity index (χ2n) is 6.08. The fourth-order valence-electron chi connectivity index (χ4n) is 3.15. The predicted octanol–water partition coefficient (Wildman–Crippen LogP) is 1.35. The van der Waals surface area contributed by atoms with E-state index in [1.165, 1.54) is 5.56 Å². The van der Waals surface area contributed by atoms with Gasteiger partial charge in [-0.05, 0) is 31.0 Å². The average molecular weight is 310 g/mol. The number of nitrogens with one attached hydrogen (secondary N) is 1. The first-order chi connectivity index (χ1) is 11.1. The summed E-state index contributed by atoms with van der Waals surface area (Å²) in [4.78, 5) is 26.2. The Balaban J connectivity index is 1.65. The quantitative estimate of drug-likeness (QED) is 0.773. The molecular weight excluding hydrogens is 292 g/mol. The molecule has 0 saturated carbocycles. The number of nitrogens with zero attached hydrogens (tertiary/aromatic N) is 5. The number of pyridine rings is 1. The molecule has 23 heavy (non-hydrogen) atoms. The van der Waals surface area contributed by atoms with Crippen LogP contribution in [0.5, 0.6) is 0 Å². The van der Waals surface area contributed by atoms with Gasteiger partial charge >= 0.3 is 0 Å². The van der Waals surface area contributed by atoms with Crippen LogP contribution >= 0.6 is 0 Å². The molecular formula is C16H18N6O. The molecule has 1 unspecified atom stereocenters. The Kier molecular flexibility index (Phi) is 3.14.